The Morgan fingerprint density at radius 3 is 2.67 bits per heavy atom. The van der Waals surface area contributed by atoms with Gasteiger partial charge in [-0.2, -0.15) is 0 Å². The monoisotopic (exact) mass is 411 g/mol. The molecule has 2 aromatic carbocycles. The highest BCUT2D eigenvalue weighted by atomic mass is 19.1. The average molecular weight is 411 g/mol. The predicted octanol–water partition coefficient (Wildman–Crippen LogP) is 1.99. The second-order valence-electron chi connectivity index (χ2n) is 7.85. The van der Waals surface area contributed by atoms with Gasteiger partial charge in [-0.1, -0.05) is 24.6 Å². The van der Waals surface area contributed by atoms with Crippen LogP contribution in [0.25, 0.3) is 0 Å². The summed E-state index contributed by atoms with van der Waals surface area (Å²) in [6.45, 7) is 2.08. The minimum atomic E-state index is -1.05. The molecule has 1 saturated carbocycles. The summed E-state index contributed by atoms with van der Waals surface area (Å²) in [7, 11) is -1.05. The topological polar surface area (TPSA) is 84.9 Å². The molecule has 1 atom stereocenters. The van der Waals surface area contributed by atoms with Crippen LogP contribution in [0.3, 0.4) is 0 Å². The number of hydrogen-bond donors (Lipinski definition) is 2. The lowest BCUT2D eigenvalue weighted by Gasteiger charge is -2.32. The van der Waals surface area contributed by atoms with E-state index in [1.165, 1.54) is 12.1 Å². The van der Waals surface area contributed by atoms with Gasteiger partial charge >= 0.3 is 13.1 Å². The maximum Gasteiger partial charge on any atom is 0.492 e. The first-order valence-corrected chi connectivity index (χ1v) is 10.1. The molecular weight excluding hydrogens is 388 g/mol. The number of fused-ring (bicyclic) bond motifs is 1. The third-order valence-electron chi connectivity index (χ3n) is 5.95. The maximum atomic E-state index is 13.0. The van der Waals surface area contributed by atoms with Crippen LogP contribution in [-0.4, -0.2) is 30.1 Å². The highest BCUT2D eigenvalue weighted by Gasteiger charge is 2.36. The van der Waals surface area contributed by atoms with Gasteiger partial charge in [-0.3, -0.25) is 4.79 Å². The molecule has 1 amide bonds. The molecule has 4 rings (SSSR count). The highest BCUT2D eigenvalue weighted by molar-refractivity contribution is 6.62. The Morgan fingerprint density at radius 2 is 2.00 bits per heavy atom. The summed E-state index contributed by atoms with van der Waals surface area (Å²) < 4.78 is 23.7. The first kappa shape index (κ1) is 20.6. The van der Waals surface area contributed by atoms with Gasteiger partial charge in [0.25, 0.3) is 5.91 Å². The zero-order valence-electron chi connectivity index (χ0n) is 16.7. The van der Waals surface area contributed by atoms with E-state index in [9.17, 15) is 19.0 Å². The van der Waals surface area contributed by atoms with Crippen LogP contribution in [-0.2, 0) is 27.4 Å². The van der Waals surface area contributed by atoms with Gasteiger partial charge in [-0.05, 0) is 66.0 Å². The number of amides is 1. The summed E-state index contributed by atoms with van der Waals surface area (Å²) in [4.78, 5) is 25.7. The standard InChI is InChI=1S/C22H23BFNO5/c1-13-18(10-7-16-12-30-23(28)19(13)16)21(26)25-20(15-3-2-4-15)22(27)29-11-14-5-8-17(24)9-6-14/h5-10,15,20,28H,2-4,11-12H2,1H3,(H,25,26). The van der Waals surface area contributed by atoms with E-state index in [1.54, 1.807) is 31.2 Å². The van der Waals surface area contributed by atoms with E-state index < -0.39 is 19.1 Å². The normalized spacial score (nSPS) is 16.6. The Hall–Kier alpha value is -2.71. The van der Waals surface area contributed by atoms with Crippen molar-refractivity contribution in [2.75, 3.05) is 0 Å². The van der Waals surface area contributed by atoms with Crippen LogP contribution in [0.1, 0.15) is 46.3 Å². The van der Waals surface area contributed by atoms with Gasteiger partial charge in [0.2, 0.25) is 0 Å². The van der Waals surface area contributed by atoms with E-state index in [1.807, 2.05) is 0 Å². The number of nitrogens with one attached hydrogen (secondary N) is 1. The van der Waals surface area contributed by atoms with E-state index in [-0.39, 0.29) is 24.2 Å². The quantitative estimate of drug-likeness (QED) is 0.561. The largest absolute Gasteiger partial charge is 0.492 e. The number of hydrogen-bond acceptors (Lipinski definition) is 5. The fourth-order valence-corrected chi connectivity index (χ4v) is 3.94. The van der Waals surface area contributed by atoms with Crippen molar-refractivity contribution >= 4 is 24.5 Å². The number of halogens is 1. The first-order valence-electron chi connectivity index (χ1n) is 10.1. The first-order chi connectivity index (χ1) is 14.4. The van der Waals surface area contributed by atoms with Crippen molar-refractivity contribution in [1.29, 1.82) is 0 Å². The smallest absolute Gasteiger partial charge is 0.459 e. The molecule has 0 aromatic heterocycles. The Bertz CT molecular complexity index is 961. The van der Waals surface area contributed by atoms with Gasteiger partial charge in [-0.25, -0.2) is 9.18 Å². The van der Waals surface area contributed by atoms with Crippen molar-refractivity contribution in [3.63, 3.8) is 0 Å². The van der Waals surface area contributed by atoms with Crippen LogP contribution in [0.2, 0.25) is 0 Å². The Labute approximate surface area is 174 Å². The molecule has 6 nitrogen and oxygen atoms in total. The zero-order valence-corrected chi connectivity index (χ0v) is 16.7. The zero-order chi connectivity index (χ0) is 21.3. The molecule has 0 bridgehead atoms. The number of carbonyl (C=O) groups is 2. The molecule has 1 aliphatic heterocycles. The maximum absolute atomic E-state index is 13.0. The molecule has 1 aliphatic carbocycles. The molecular formula is C22H23BFNO5. The van der Waals surface area contributed by atoms with Crippen molar-refractivity contribution < 1.29 is 28.4 Å². The molecule has 156 valence electrons. The molecule has 2 aromatic rings. The molecule has 30 heavy (non-hydrogen) atoms. The number of carbonyl (C=O) groups excluding carboxylic acids is 2. The summed E-state index contributed by atoms with van der Waals surface area (Å²) in [5, 5.41) is 12.8. The number of esters is 1. The van der Waals surface area contributed by atoms with Gasteiger partial charge in [0, 0.05) is 5.56 Å². The molecule has 1 heterocycles. The third kappa shape index (κ3) is 4.11. The van der Waals surface area contributed by atoms with Crippen LogP contribution in [0.5, 0.6) is 0 Å². The van der Waals surface area contributed by atoms with E-state index in [0.717, 1.165) is 24.8 Å². The Balaban J connectivity index is 1.47. The molecule has 0 saturated heterocycles. The van der Waals surface area contributed by atoms with Crippen LogP contribution in [0.4, 0.5) is 4.39 Å². The SMILES string of the molecule is Cc1c(C(=O)NC(C(=O)OCc2ccc(F)cc2)C2CCC2)ccc2c1B(O)OC2. The van der Waals surface area contributed by atoms with Crippen molar-refractivity contribution in [2.45, 2.75) is 45.4 Å². The minimum Gasteiger partial charge on any atom is -0.459 e. The van der Waals surface area contributed by atoms with Crippen molar-refractivity contribution in [3.8, 4) is 0 Å². The highest BCUT2D eigenvalue weighted by Crippen LogP contribution is 2.30. The average Bonchev–Trinajstić information content (AvgIpc) is 3.07. The summed E-state index contributed by atoms with van der Waals surface area (Å²) in [6.07, 6.45) is 2.68. The molecule has 0 radical (unpaired) electrons. The van der Waals surface area contributed by atoms with Gasteiger partial charge < -0.3 is 19.7 Å². The molecule has 2 N–H and O–H groups in total. The molecule has 8 heteroatoms. The van der Waals surface area contributed by atoms with Crippen LogP contribution in [0.15, 0.2) is 36.4 Å². The lowest BCUT2D eigenvalue weighted by molar-refractivity contribution is -0.149. The van der Waals surface area contributed by atoms with Crippen LogP contribution >= 0.6 is 0 Å². The van der Waals surface area contributed by atoms with Crippen molar-refractivity contribution in [2.24, 2.45) is 5.92 Å². The fourth-order valence-electron chi connectivity index (χ4n) is 3.94. The van der Waals surface area contributed by atoms with Crippen molar-refractivity contribution in [3.05, 3.63) is 64.5 Å². The van der Waals surface area contributed by atoms with Gasteiger partial charge in [-0.15, -0.1) is 0 Å². The lowest BCUT2D eigenvalue weighted by Crippen LogP contribution is -2.49. The molecule has 0 spiro atoms. The Kier molecular flexibility index (Phi) is 5.88. The molecule has 1 fully saturated rings. The van der Waals surface area contributed by atoms with E-state index in [2.05, 4.69) is 5.32 Å². The van der Waals surface area contributed by atoms with E-state index >= 15 is 0 Å². The second kappa shape index (κ2) is 8.57. The molecule has 1 unspecified atom stereocenters. The number of ether oxygens (including phenoxy) is 1. The van der Waals surface area contributed by atoms with E-state index in [0.29, 0.717) is 28.8 Å². The van der Waals surface area contributed by atoms with Gasteiger partial charge in [0.15, 0.2) is 0 Å². The summed E-state index contributed by atoms with van der Waals surface area (Å²) >= 11 is 0. The lowest BCUT2D eigenvalue weighted by atomic mass is 9.75. The Morgan fingerprint density at radius 1 is 1.27 bits per heavy atom. The summed E-state index contributed by atoms with van der Waals surface area (Å²) in [5.74, 6) is -1.21. The third-order valence-corrected chi connectivity index (χ3v) is 5.95. The van der Waals surface area contributed by atoms with Gasteiger partial charge in [0.05, 0.1) is 6.61 Å². The van der Waals surface area contributed by atoms with Crippen LogP contribution in [0, 0.1) is 18.7 Å². The summed E-state index contributed by atoms with van der Waals surface area (Å²) in [6, 6.07) is 8.43. The van der Waals surface area contributed by atoms with Gasteiger partial charge in [0.1, 0.15) is 18.5 Å². The van der Waals surface area contributed by atoms with E-state index in [4.69, 9.17) is 9.39 Å². The summed E-state index contributed by atoms with van der Waals surface area (Å²) in [5.41, 5.74) is 3.18. The van der Waals surface area contributed by atoms with Crippen LogP contribution < -0.4 is 10.8 Å². The van der Waals surface area contributed by atoms with Crippen molar-refractivity contribution in [1.82, 2.24) is 5.32 Å². The predicted molar refractivity (Wildman–Crippen MR) is 108 cm³/mol. The fraction of sp³-hybridized carbons (Fsp3) is 0.364. The minimum absolute atomic E-state index is 0.0135. The second-order valence-corrected chi connectivity index (χ2v) is 7.85. The number of benzene rings is 2. The molecule has 2 aliphatic rings. The number of rotatable bonds is 6.